The summed E-state index contributed by atoms with van der Waals surface area (Å²) in [6.07, 6.45) is -2.29. The predicted octanol–water partition coefficient (Wildman–Crippen LogP) is 4.91. The molecular weight excluding hydrogens is 483 g/mol. The molecule has 2 aromatic carbocycles. The molecule has 1 aliphatic carbocycles. The highest BCUT2D eigenvalue weighted by atomic mass is 19.4. The van der Waals surface area contributed by atoms with Crippen LogP contribution in [0.15, 0.2) is 42.5 Å². The Morgan fingerprint density at radius 1 is 1.08 bits per heavy atom. The molecule has 1 N–H and O–H groups in total. The van der Waals surface area contributed by atoms with Gasteiger partial charge in [0.05, 0.1) is 24.8 Å². The van der Waals surface area contributed by atoms with Gasteiger partial charge in [-0.05, 0) is 61.4 Å². The zero-order chi connectivity index (χ0) is 25.7. The number of hydrogen-bond donors (Lipinski definition) is 1. The minimum atomic E-state index is -4.67. The molecule has 3 fully saturated rings. The predicted molar refractivity (Wildman–Crippen MR) is 119 cm³/mol. The summed E-state index contributed by atoms with van der Waals surface area (Å²) >= 11 is 0. The van der Waals surface area contributed by atoms with Crippen molar-refractivity contribution in [1.29, 1.82) is 0 Å². The number of alkyl halides is 4. The van der Waals surface area contributed by atoms with Crippen LogP contribution in [0, 0.1) is 11.7 Å². The molecule has 192 valence electrons. The molecule has 3 aliphatic rings. The minimum absolute atomic E-state index is 0.00149. The van der Waals surface area contributed by atoms with Crippen LogP contribution >= 0.6 is 0 Å². The molecule has 0 unspecified atom stereocenters. The van der Waals surface area contributed by atoms with Gasteiger partial charge in [0, 0.05) is 17.7 Å². The van der Waals surface area contributed by atoms with Crippen LogP contribution in [-0.2, 0) is 21.4 Å². The summed E-state index contributed by atoms with van der Waals surface area (Å²) in [6.45, 7) is 0.165. The van der Waals surface area contributed by atoms with Crippen molar-refractivity contribution in [1.82, 2.24) is 10.2 Å². The van der Waals surface area contributed by atoms with Crippen molar-refractivity contribution in [2.45, 2.75) is 49.6 Å². The molecule has 2 heterocycles. The number of hydrogen-bond acceptors (Lipinski definition) is 3. The summed E-state index contributed by atoms with van der Waals surface area (Å²) in [6, 6.07) is 6.94. The van der Waals surface area contributed by atoms with Gasteiger partial charge >= 0.3 is 6.18 Å². The third-order valence-corrected chi connectivity index (χ3v) is 7.16. The van der Waals surface area contributed by atoms with E-state index in [9.17, 15) is 31.5 Å². The number of likely N-dealkylation sites (tertiary alicyclic amines) is 1. The van der Waals surface area contributed by atoms with Crippen LogP contribution < -0.4 is 5.32 Å². The normalized spacial score (nSPS) is 22.1. The lowest BCUT2D eigenvalue weighted by molar-refractivity contribution is -0.137. The summed E-state index contributed by atoms with van der Waals surface area (Å²) in [5.74, 6) is -2.02. The first kappa shape index (κ1) is 24.7. The Balaban J connectivity index is 1.33. The average Bonchev–Trinajstić information content (AvgIpc) is 3.55. The number of benzene rings is 2. The van der Waals surface area contributed by atoms with E-state index in [-0.39, 0.29) is 30.3 Å². The monoisotopic (exact) mass is 508 g/mol. The van der Waals surface area contributed by atoms with E-state index in [0.29, 0.717) is 43.9 Å². The molecule has 1 saturated carbocycles. The van der Waals surface area contributed by atoms with Gasteiger partial charge in [-0.1, -0.05) is 18.2 Å². The largest absolute Gasteiger partial charge is 0.416 e. The van der Waals surface area contributed by atoms with Crippen molar-refractivity contribution in [3.63, 3.8) is 0 Å². The molecular formula is C26H25F5N2O3. The summed E-state index contributed by atoms with van der Waals surface area (Å²) in [4.78, 5) is 27.9. The molecule has 0 bridgehead atoms. The fourth-order valence-electron chi connectivity index (χ4n) is 4.91. The lowest BCUT2D eigenvalue weighted by Crippen LogP contribution is -2.47. The molecule has 2 saturated heterocycles. The number of amides is 2. The van der Waals surface area contributed by atoms with Crippen LogP contribution in [-0.4, -0.2) is 42.5 Å². The number of carbonyl (C=O) groups is 2. The van der Waals surface area contributed by atoms with E-state index in [1.165, 1.54) is 11.0 Å². The number of ether oxygens (including phenoxy) is 1. The second-order valence-electron chi connectivity index (χ2n) is 9.75. The minimum Gasteiger partial charge on any atom is -0.374 e. The van der Waals surface area contributed by atoms with Crippen molar-refractivity contribution in [3.8, 4) is 0 Å². The zero-order valence-electron chi connectivity index (χ0n) is 19.3. The van der Waals surface area contributed by atoms with Crippen molar-refractivity contribution in [2.75, 3.05) is 19.8 Å². The van der Waals surface area contributed by atoms with Crippen molar-refractivity contribution >= 4 is 11.8 Å². The Morgan fingerprint density at radius 2 is 1.83 bits per heavy atom. The van der Waals surface area contributed by atoms with E-state index in [1.807, 2.05) is 0 Å². The summed E-state index contributed by atoms with van der Waals surface area (Å²) in [5.41, 5.74) is -2.14. The van der Waals surface area contributed by atoms with Gasteiger partial charge in [-0.3, -0.25) is 9.59 Å². The topological polar surface area (TPSA) is 58.6 Å². The third kappa shape index (κ3) is 4.70. The highest BCUT2D eigenvalue weighted by Gasteiger charge is 2.43. The van der Waals surface area contributed by atoms with Crippen LogP contribution in [0.2, 0.25) is 0 Å². The van der Waals surface area contributed by atoms with Gasteiger partial charge < -0.3 is 15.0 Å². The van der Waals surface area contributed by atoms with Gasteiger partial charge in [0.2, 0.25) is 5.91 Å². The molecule has 36 heavy (non-hydrogen) atoms. The molecule has 2 aromatic rings. The summed E-state index contributed by atoms with van der Waals surface area (Å²) in [7, 11) is 0. The molecule has 10 heteroatoms. The standard InChI is InChI=1S/C26H25F5N2O3/c27-20-12-18(26(29,30)31)8-9-19(20)22(15-6-7-15)32-23(34)21-5-2-10-33(21)24(35)16-3-1-4-17(11-16)25(28)13-36-14-25/h1,3-4,8-9,11-12,15,21-22H,2,5-7,10,13-14H2,(H,32,34)/t21-,22-/m1/s1. The first-order valence-electron chi connectivity index (χ1n) is 11.9. The van der Waals surface area contributed by atoms with Crippen molar-refractivity contribution < 1.29 is 36.3 Å². The molecule has 5 rings (SSSR count). The maximum Gasteiger partial charge on any atom is 0.416 e. The Kier molecular flexibility index (Phi) is 6.26. The van der Waals surface area contributed by atoms with E-state index in [2.05, 4.69) is 5.32 Å². The van der Waals surface area contributed by atoms with Crippen LogP contribution in [0.1, 0.15) is 58.8 Å². The second-order valence-corrected chi connectivity index (χ2v) is 9.75. The van der Waals surface area contributed by atoms with E-state index < -0.39 is 47.1 Å². The number of rotatable bonds is 6. The molecule has 0 radical (unpaired) electrons. The zero-order valence-corrected chi connectivity index (χ0v) is 19.3. The lowest BCUT2D eigenvalue weighted by Gasteiger charge is -2.34. The van der Waals surface area contributed by atoms with E-state index in [1.54, 1.807) is 18.2 Å². The van der Waals surface area contributed by atoms with Gasteiger partial charge in [-0.2, -0.15) is 13.2 Å². The van der Waals surface area contributed by atoms with E-state index >= 15 is 0 Å². The highest BCUT2D eigenvalue weighted by molar-refractivity contribution is 5.98. The van der Waals surface area contributed by atoms with Gasteiger partial charge in [0.25, 0.3) is 5.91 Å². The van der Waals surface area contributed by atoms with Crippen LogP contribution in [0.4, 0.5) is 22.0 Å². The molecule has 2 aliphatic heterocycles. The Bertz CT molecular complexity index is 1180. The molecule has 0 spiro atoms. The first-order valence-corrected chi connectivity index (χ1v) is 11.9. The number of nitrogens with one attached hydrogen (secondary N) is 1. The summed E-state index contributed by atoms with van der Waals surface area (Å²) < 4.78 is 73.3. The third-order valence-electron chi connectivity index (χ3n) is 7.16. The smallest absolute Gasteiger partial charge is 0.374 e. The maximum atomic E-state index is 14.8. The van der Waals surface area contributed by atoms with Crippen molar-refractivity contribution in [3.05, 3.63) is 70.5 Å². The SMILES string of the molecule is O=C(N[C@@H](c1ccc(C(F)(F)F)cc1F)C1CC1)[C@H]1CCCN1C(=O)c1cccc(C2(F)COC2)c1. The Morgan fingerprint density at radius 3 is 2.44 bits per heavy atom. The first-order chi connectivity index (χ1) is 17.1. The average molecular weight is 508 g/mol. The second kappa shape index (κ2) is 9.14. The Hall–Kier alpha value is -3.01. The molecule has 0 aromatic heterocycles. The van der Waals surface area contributed by atoms with Gasteiger partial charge in [0.15, 0.2) is 5.67 Å². The molecule has 5 nitrogen and oxygen atoms in total. The fourth-order valence-corrected chi connectivity index (χ4v) is 4.91. The number of nitrogens with zero attached hydrogens (tertiary/aromatic N) is 1. The number of carbonyl (C=O) groups excluding carboxylic acids is 2. The van der Waals surface area contributed by atoms with E-state index in [4.69, 9.17) is 4.74 Å². The molecule has 2 atom stereocenters. The maximum absolute atomic E-state index is 14.8. The summed E-state index contributed by atoms with van der Waals surface area (Å²) in [5, 5.41) is 2.80. The van der Waals surface area contributed by atoms with Crippen LogP contribution in [0.3, 0.4) is 0 Å². The quantitative estimate of drug-likeness (QED) is 0.565. The lowest BCUT2D eigenvalue weighted by atomic mass is 9.92. The Labute approximate surface area is 204 Å². The molecule has 2 amide bonds. The fraction of sp³-hybridized carbons (Fsp3) is 0.462. The van der Waals surface area contributed by atoms with Crippen molar-refractivity contribution in [2.24, 2.45) is 5.92 Å². The number of halogens is 5. The van der Waals surface area contributed by atoms with Crippen LogP contribution in [0.25, 0.3) is 0 Å². The van der Waals surface area contributed by atoms with E-state index in [0.717, 1.165) is 12.1 Å². The highest BCUT2D eigenvalue weighted by Crippen LogP contribution is 2.43. The van der Waals surface area contributed by atoms with Gasteiger partial charge in [-0.15, -0.1) is 0 Å². The van der Waals surface area contributed by atoms with Gasteiger partial charge in [-0.25, -0.2) is 8.78 Å². The van der Waals surface area contributed by atoms with Gasteiger partial charge in [0.1, 0.15) is 11.9 Å². The van der Waals surface area contributed by atoms with Crippen LogP contribution in [0.5, 0.6) is 0 Å².